The standard InChI is InChI=1S/C16H23F3N2O2.ClH/c1-11(2)14(20)7-8-21(3)15(22)10-23-13-6-4-5-12(9-13)16(17,18)19;/h4-6,9,11,14H,7-8,10,20H2,1-3H3;1H. The Morgan fingerprint density at radius 2 is 1.96 bits per heavy atom. The normalized spacial score (nSPS) is 12.5. The minimum Gasteiger partial charge on any atom is -0.484 e. The summed E-state index contributed by atoms with van der Waals surface area (Å²) < 4.78 is 42.9. The van der Waals surface area contributed by atoms with Crippen LogP contribution in [0.5, 0.6) is 5.75 Å². The highest BCUT2D eigenvalue weighted by Gasteiger charge is 2.30. The van der Waals surface area contributed by atoms with Crippen LogP contribution in [0.25, 0.3) is 0 Å². The van der Waals surface area contributed by atoms with Crippen molar-refractivity contribution in [3.8, 4) is 5.75 Å². The van der Waals surface area contributed by atoms with Gasteiger partial charge in [-0.05, 0) is 30.5 Å². The van der Waals surface area contributed by atoms with Crippen LogP contribution in [-0.4, -0.2) is 37.0 Å². The summed E-state index contributed by atoms with van der Waals surface area (Å²) >= 11 is 0. The Morgan fingerprint density at radius 3 is 2.50 bits per heavy atom. The van der Waals surface area contributed by atoms with Gasteiger partial charge in [-0.25, -0.2) is 0 Å². The molecule has 1 unspecified atom stereocenters. The first-order valence-electron chi connectivity index (χ1n) is 7.41. The van der Waals surface area contributed by atoms with Crippen LogP contribution in [0.4, 0.5) is 13.2 Å². The molecule has 0 saturated carbocycles. The summed E-state index contributed by atoms with van der Waals surface area (Å²) in [7, 11) is 1.62. The van der Waals surface area contributed by atoms with Crippen molar-refractivity contribution >= 4 is 18.3 Å². The Hall–Kier alpha value is -1.47. The highest BCUT2D eigenvalue weighted by molar-refractivity contribution is 5.85. The minimum absolute atomic E-state index is 0. The molecule has 4 nitrogen and oxygen atoms in total. The van der Waals surface area contributed by atoms with Gasteiger partial charge in [-0.3, -0.25) is 4.79 Å². The van der Waals surface area contributed by atoms with E-state index in [2.05, 4.69) is 0 Å². The molecule has 0 bridgehead atoms. The average molecular weight is 369 g/mol. The van der Waals surface area contributed by atoms with Gasteiger partial charge >= 0.3 is 6.18 Å². The van der Waals surface area contributed by atoms with Gasteiger partial charge in [0.1, 0.15) is 5.75 Å². The fourth-order valence-electron chi connectivity index (χ4n) is 1.82. The van der Waals surface area contributed by atoms with Crippen LogP contribution in [0.1, 0.15) is 25.8 Å². The molecule has 1 rings (SSSR count). The number of alkyl halides is 3. The van der Waals surface area contributed by atoms with Crippen molar-refractivity contribution in [1.82, 2.24) is 4.90 Å². The second-order valence-electron chi connectivity index (χ2n) is 5.83. The smallest absolute Gasteiger partial charge is 0.416 e. The molecule has 0 radical (unpaired) electrons. The lowest BCUT2D eigenvalue weighted by Gasteiger charge is -2.21. The molecule has 24 heavy (non-hydrogen) atoms. The molecule has 0 spiro atoms. The zero-order chi connectivity index (χ0) is 17.6. The number of nitrogens with zero attached hydrogens (tertiary/aromatic N) is 1. The summed E-state index contributed by atoms with van der Waals surface area (Å²) in [4.78, 5) is 13.4. The molecule has 1 amide bonds. The van der Waals surface area contributed by atoms with E-state index in [1.165, 1.54) is 17.0 Å². The average Bonchev–Trinajstić information content (AvgIpc) is 2.49. The van der Waals surface area contributed by atoms with Gasteiger partial charge in [0.2, 0.25) is 0 Å². The van der Waals surface area contributed by atoms with Gasteiger partial charge in [0.05, 0.1) is 5.56 Å². The number of ether oxygens (including phenoxy) is 1. The number of halogens is 4. The van der Waals surface area contributed by atoms with Crippen molar-refractivity contribution in [2.45, 2.75) is 32.5 Å². The minimum atomic E-state index is -4.44. The highest BCUT2D eigenvalue weighted by Crippen LogP contribution is 2.31. The third-order valence-electron chi connectivity index (χ3n) is 3.60. The molecule has 1 atom stereocenters. The van der Waals surface area contributed by atoms with Crippen molar-refractivity contribution < 1.29 is 22.7 Å². The Balaban J connectivity index is 0.00000529. The van der Waals surface area contributed by atoms with E-state index in [1.54, 1.807) is 7.05 Å². The molecule has 0 aliphatic carbocycles. The van der Waals surface area contributed by atoms with E-state index >= 15 is 0 Å². The topological polar surface area (TPSA) is 55.6 Å². The van der Waals surface area contributed by atoms with E-state index in [9.17, 15) is 18.0 Å². The Kier molecular flexibility index (Phi) is 9.14. The highest BCUT2D eigenvalue weighted by atomic mass is 35.5. The largest absolute Gasteiger partial charge is 0.484 e. The number of hydrogen-bond donors (Lipinski definition) is 1. The fourth-order valence-corrected chi connectivity index (χ4v) is 1.82. The maximum Gasteiger partial charge on any atom is 0.416 e. The molecule has 8 heteroatoms. The molecule has 0 fully saturated rings. The maximum absolute atomic E-state index is 12.6. The quantitative estimate of drug-likeness (QED) is 0.803. The second kappa shape index (κ2) is 9.74. The molecule has 1 aromatic carbocycles. The SMILES string of the molecule is CC(C)C(N)CCN(C)C(=O)COc1cccc(C(F)(F)F)c1.Cl. The summed E-state index contributed by atoms with van der Waals surface area (Å²) in [6.45, 7) is 4.17. The van der Waals surface area contributed by atoms with Gasteiger partial charge in [0, 0.05) is 19.6 Å². The summed E-state index contributed by atoms with van der Waals surface area (Å²) in [6, 6.07) is 4.45. The van der Waals surface area contributed by atoms with Crippen molar-refractivity contribution in [2.24, 2.45) is 11.7 Å². The summed E-state index contributed by atoms with van der Waals surface area (Å²) in [5.41, 5.74) is 5.10. The van der Waals surface area contributed by atoms with Crippen LogP contribution in [0.2, 0.25) is 0 Å². The van der Waals surface area contributed by atoms with Crippen LogP contribution in [0, 0.1) is 5.92 Å². The van der Waals surface area contributed by atoms with E-state index in [4.69, 9.17) is 10.5 Å². The zero-order valence-corrected chi connectivity index (χ0v) is 14.8. The molecule has 0 aromatic heterocycles. The third-order valence-corrected chi connectivity index (χ3v) is 3.60. The number of likely N-dealkylation sites (N-methyl/N-ethyl adjacent to an activating group) is 1. The zero-order valence-electron chi connectivity index (χ0n) is 14.0. The third kappa shape index (κ3) is 7.40. The lowest BCUT2D eigenvalue weighted by atomic mass is 10.0. The lowest BCUT2D eigenvalue weighted by Crippen LogP contribution is -2.36. The van der Waals surface area contributed by atoms with E-state index in [0.717, 1.165) is 12.1 Å². The predicted octanol–water partition coefficient (Wildman–Crippen LogP) is 3.34. The molecule has 0 aliphatic heterocycles. The number of benzene rings is 1. The molecule has 0 heterocycles. The first-order chi connectivity index (χ1) is 10.6. The van der Waals surface area contributed by atoms with Gasteiger partial charge < -0.3 is 15.4 Å². The first kappa shape index (κ1) is 22.5. The van der Waals surface area contributed by atoms with Gasteiger partial charge in [0.25, 0.3) is 5.91 Å². The summed E-state index contributed by atoms with van der Waals surface area (Å²) in [6.07, 6.45) is -3.78. The molecule has 1 aromatic rings. The Bertz CT molecular complexity index is 524. The fraction of sp³-hybridized carbons (Fsp3) is 0.562. The molecule has 2 N–H and O–H groups in total. The summed E-state index contributed by atoms with van der Waals surface area (Å²) in [5, 5.41) is 0. The summed E-state index contributed by atoms with van der Waals surface area (Å²) in [5.74, 6) is 0.0266. The van der Waals surface area contributed by atoms with Gasteiger partial charge in [0.15, 0.2) is 6.61 Å². The molecule has 0 aliphatic rings. The van der Waals surface area contributed by atoms with Crippen LogP contribution >= 0.6 is 12.4 Å². The monoisotopic (exact) mass is 368 g/mol. The predicted molar refractivity (Wildman–Crippen MR) is 89.3 cm³/mol. The van der Waals surface area contributed by atoms with Crippen molar-refractivity contribution in [2.75, 3.05) is 20.2 Å². The number of carbonyl (C=O) groups excluding carboxylic acids is 1. The van der Waals surface area contributed by atoms with Gasteiger partial charge in [-0.15, -0.1) is 12.4 Å². The second-order valence-corrected chi connectivity index (χ2v) is 5.83. The van der Waals surface area contributed by atoms with E-state index in [-0.39, 0.29) is 36.7 Å². The number of nitrogens with two attached hydrogens (primary N) is 1. The molecule has 0 saturated heterocycles. The number of amides is 1. The molecule has 138 valence electrons. The number of rotatable bonds is 7. The Morgan fingerprint density at radius 1 is 1.33 bits per heavy atom. The van der Waals surface area contributed by atoms with Crippen molar-refractivity contribution in [1.29, 1.82) is 0 Å². The van der Waals surface area contributed by atoms with Gasteiger partial charge in [-0.1, -0.05) is 19.9 Å². The number of carbonyl (C=O) groups is 1. The molecular weight excluding hydrogens is 345 g/mol. The number of hydrogen-bond acceptors (Lipinski definition) is 3. The van der Waals surface area contributed by atoms with Crippen LogP contribution in [0.15, 0.2) is 24.3 Å². The van der Waals surface area contributed by atoms with Crippen LogP contribution in [-0.2, 0) is 11.0 Å². The van der Waals surface area contributed by atoms with E-state index in [1.807, 2.05) is 13.8 Å². The van der Waals surface area contributed by atoms with Crippen LogP contribution in [0.3, 0.4) is 0 Å². The van der Waals surface area contributed by atoms with Gasteiger partial charge in [-0.2, -0.15) is 13.2 Å². The first-order valence-corrected chi connectivity index (χ1v) is 7.41. The van der Waals surface area contributed by atoms with Crippen LogP contribution < -0.4 is 10.5 Å². The van der Waals surface area contributed by atoms with Crippen molar-refractivity contribution in [3.63, 3.8) is 0 Å². The lowest BCUT2D eigenvalue weighted by molar-refractivity contribution is -0.137. The van der Waals surface area contributed by atoms with E-state index in [0.29, 0.717) is 18.9 Å². The molecular formula is C16H24ClF3N2O2. The maximum atomic E-state index is 12.6. The van der Waals surface area contributed by atoms with Crippen molar-refractivity contribution in [3.05, 3.63) is 29.8 Å². The van der Waals surface area contributed by atoms with E-state index < -0.39 is 11.7 Å². The Labute approximate surface area is 146 Å².